The van der Waals surface area contributed by atoms with Gasteiger partial charge in [0.15, 0.2) is 0 Å². The fourth-order valence-electron chi connectivity index (χ4n) is 5.25. The molecule has 3 nitrogen and oxygen atoms in total. The number of rotatable bonds is 17. The lowest BCUT2D eigenvalue weighted by Gasteiger charge is -2.21. The van der Waals surface area contributed by atoms with E-state index in [4.69, 9.17) is 21.1 Å². The van der Waals surface area contributed by atoms with Crippen LogP contribution in [0.3, 0.4) is 0 Å². The largest absolute Gasteiger partial charge is 0.492 e. The standard InChI is InChI=1S/C33H47ClO3/c1-2-3-4-5-6-7-8-9-10-14-25-36-32-24-21-29(26-31(32)34)33(35)37-30-22-19-28(20-23-30)18-17-27-15-12-11-13-16-27/h19-24,26-27H,2-18,25H2,1H3. The van der Waals surface area contributed by atoms with Crippen LogP contribution in [-0.4, -0.2) is 12.6 Å². The Balaban J connectivity index is 1.32. The van der Waals surface area contributed by atoms with Crippen LogP contribution >= 0.6 is 11.6 Å². The average molecular weight is 527 g/mol. The Morgan fingerprint density at radius 1 is 0.838 bits per heavy atom. The smallest absolute Gasteiger partial charge is 0.343 e. The van der Waals surface area contributed by atoms with E-state index in [2.05, 4.69) is 19.1 Å². The van der Waals surface area contributed by atoms with Crippen molar-refractivity contribution in [1.29, 1.82) is 0 Å². The lowest BCUT2D eigenvalue weighted by molar-refractivity contribution is 0.0734. The molecule has 0 heterocycles. The van der Waals surface area contributed by atoms with Crippen molar-refractivity contribution < 1.29 is 14.3 Å². The maximum atomic E-state index is 12.6. The van der Waals surface area contributed by atoms with Gasteiger partial charge in [-0.25, -0.2) is 4.79 Å². The summed E-state index contributed by atoms with van der Waals surface area (Å²) in [7, 11) is 0. The lowest BCUT2D eigenvalue weighted by Crippen LogP contribution is -2.09. The maximum absolute atomic E-state index is 12.6. The summed E-state index contributed by atoms with van der Waals surface area (Å²) in [6.45, 7) is 2.91. The van der Waals surface area contributed by atoms with Crippen molar-refractivity contribution in [2.45, 2.75) is 116 Å². The quantitative estimate of drug-likeness (QED) is 0.117. The zero-order valence-electron chi connectivity index (χ0n) is 22.9. The number of aryl methyl sites for hydroxylation is 1. The van der Waals surface area contributed by atoms with Crippen LogP contribution in [0.25, 0.3) is 0 Å². The van der Waals surface area contributed by atoms with E-state index in [1.807, 2.05) is 12.1 Å². The van der Waals surface area contributed by atoms with E-state index in [-0.39, 0.29) is 0 Å². The molecular formula is C33H47ClO3. The Kier molecular flexibility index (Phi) is 14.0. The van der Waals surface area contributed by atoms with Gasteiger partial charge in [0.05, 0.1) is 17.2 Å². The zero-order chi connectivity index (χ0) is 26.1. The first-order valence-corrected chi connectivity index (χ1v) is 15.3. The number of halogens is 1. The van der Waals surface area contributed by atoms with Gasteiger partial charge in [-0.1, -0.05) is 121 Å². The van der Waals surface area contributed by atoms with Gasteiger partial charge in [-0.15, -0.1) is 0 Å². The normalized spacial score (nSPS) is 14.0. The van der Waals surface area contributed by atoms with E-state index < -0.39 is 5.97 Å². The lowest BCUT2D eigenvalue weighted by atomic mass is 9.85. The Bertz CT molecular complexity index is 902. The first kappa shape index (κ1) is 29.6. The number of unbranched alkanes of at least 4 members (excludes halogenated alkanes) is 9. The first-order chi connectivity index (χ1) is 18.2. The summed E-state index contributed by atoms with van der Waals surface area (Å²) in [5, 5.41) is 0.444. The summed E-state index contributed by atoms with van der Waals surface area (Å²) in [6.07, 6.45) is 22.2. The highest BCUT2D eigenvalue weighted by molar-refractivity contribution is 6.32. The van der Waals surface area contributed by atoms with Crippen molar-refractivity contribution >= 4 is 17.6 Å². The molecule has 2 aromatic rings. The number of esters is 1. The molecule has 0 saturated heterocycles. The molecule has 0 amide bonds. The minimum atomic E-state index is -0.405. The average Bonchev–Trinajstić information content (AvgIpc) is 2.92. The molecule has 0 spiro atoms. The predicted octanol–water partition coefficient (Wildman–Crippen LogP) is 10.4. The Labute approximate surface area is 230 Å². The van der Waals surface area contributed by atoms with Gasteiger partial charge in [0.25, 0.3) is 0 Å². The third-order valence-electron chi connectivity index (χ3n) is 7.62. The second-order valence-electron chi connectivity index (χ2n) is 10.8. The van der Waals surface area contributed by atoms with Gasteiger partial charge < -0.3 is 9.47 Å². The molecule has 0 aliphatic heterocycles. The van der Waals surface area contributed by atoms with E-state index in [1.165, 1.54) is 102 Å². The van der Waals surface area contributed by atoms with Crippen LogP contribution in [0.1, 0.15) is 126 Å². The molecule has 0 bridgehead atoms. The van der Waals surface area contributed by atoms with Crippen molar-refractivity contribution in [2.24, 2.45) is 5.92 Å². The third-order valence-corrected chi connectivity index (χ3v) is 7.92. The van der Waals surface area contributed by atoms with Crippen LogP contribution in [-0.2, 0) is 6.42 Å². The Hall–Kier alpha value is -2.00. The molecule has 37 heavy (non-hydrogen) atoms. The highest BCUT2D eigenvalue weighted by Gasteiger charge is 2.14. The van der Waals surface area contributed by atoms with Crippen molar-refractivity contribution in [3.63, 3.8) is 0 Å². The van der Waals surface area contributed by atoms with Crippen LogP contribution in [0.15, 0.2) is 42.5 Å². The summed E-state index contributed by atoms with van der Waals surface area (Å²) >= 11 is 6.40. The van der Waals surface area contributed by atoms with Crippen LogP contribution < -0.4 is 9.47 Å². The SMILES string of the molecule is CCCCCCCCCCCCOc1ccc(C(=O)Oc2ccc(CCC3CCCCC3)cc2)cc1Cl. The molecule has 2 aromatic carbocycles. The number of carbonyl (C=O) groups excluding carboxylic acids is 1. The number of carbonyl (C=O) groups is 1. The molecule has 0 radical (unpaired) electrons. The molecular weight excluding hydrogens is 480 g/mol. The van der Waals surface area contributed by atoms with E-state index in [0.29, 0.717) is 28.7 Å². The Morgan fingerprint density at radius 3 is 2.14 bits per heavy atom. The summed E-state index contributed by atoms with van der Waals surface area (Å²) < 4.78 is 11.4. The van der Waals surface area contributed by atoms with Gasteiger partial charge in [-0.3, -0.25) is 0 Å². The number of ether oxygens (including phenoxy) is 2. The van der Waals surface area contributed by atoms with E-state index in [0.717, 1.165) is 18.8 Å². The second kappa shape index (κ2) is 17.5. The summed E-state index contributed by atoms with van der Waals surface area (Å²) in [5.41, 5.74) is 1.73. The molecule has 0 aromatic heterocycles. The number of benzene rings is 2. The summed E-state index contributed by atoms with van der Waals surface area (Å²) in [5.74, 6) is 1.65. The first-order valence-electron chi connectivity index (χ1n) is 14.9. The van der Waals surface area contributed by atoms with Crippen molar-refractivity contribution in [3.8, 4) is 11.5 Å². The molecule has 1 fully saturated rings. The van der Waals surface area contributed by atoms with Gasteiger partial charge in [-0.2, -0.15) is 0 Å². The summed E-state index contributed by atoms with van der Waals surface area (Å²) in [4.78, 5) is 12.6. The molecule has 1 aliphatic carbocycles. The number of hydrogen-bond acceptors (Lipinski definition) is 3. The van der Waals surface area contributed by atoms with Gasteiger partial charge in [-0.05, 0) is 61.1 Å². The molecule has 1 aliphatic rings. The van der Waals surface area contributed by atoms with Crippen molar-refractivity contribution in [1.82, 2.24) is 0 Å². The highest BCUT2D eigenvalue weighted by atomic mass is 35.5. The molecule has 204 valence electrons. The van der Waals surface area contributed by atoms with Gasteiger partial charge in [0.2, 0.25) is 0 Å². The van der Waals surface area contributed by atoms with E-state index >= 15 is 0 Å². The maximum Gasteiger partial charge on any atom is 0.343 e. The molecule has 0 atom stereocenters. The summed E-state index contributed by atoms with van der Waals surface area (Å²) in [6, 6.07) is 13.0. The minimum Gasteiger partial charge on any atom is -0.492 e. The Morgan fingerprint density at radius 2 is 1.49 bits per heavy atom. The number of hydrogen-bond donors (Lipinski definition) is 0. The fourth-order valence-corrected chi connectivity index (χ4v) is 5.49. The molecule has 1 saturated carbocycles. The van der Waals surface area contributed by atoms with Crippen LogP contribution in [0.4, 0.5) is 0 Å². The molecule has 4 heteroatoms. The minimum absolute atomic E-state index is 0.405. The van der Waals surface area contributed by atoms with E-state index in [9.17, 15) is 4.79 Å². The van der Waals surface area contributed by atoms with Crippen molar-refractivity contribution in [2.75, 3.05) is 6.61 Å². The van der Waals surface area contributed by atoms with E-state index in [1.54, 1.807) is 18.2 Å². The third kappa shape index (κ3) is 11.5. The monoisotopic (exact) mass is 526 g/mol. The van der Waals surface area contributed by atoms with Gasteiger partial charge in [0.1, 0.15) is 11.5 Å². The van der Waals surface area contributed by atoms with Gasteiger partial charge in [0, 0.05) is 0 Å². The molecule has 0 N–H and O–H groups in total. The van der Waals surface area contributed by atoms with Gasteiger partial charge >= 0.3 is 5.97 Å². The highest BCUT2D eigenvalue weighted by Crippen LogP contribution is 2.29. The molecule has 0 unspecified atom stereocenters. The topological polar surface area (TPSA) is 35.5 Å². The van der Waals surface area contributed by atoms with Crippen LogP contribution in [0, 0.1) is 5.92 Å². The fraction of sp³-hybridized carbons (Fsp3) is 0.606. The predicted molar refractivity (Wildman–Crippen MR) is 155 cm³/mol. The van der Waals surface area contributed by atoms with Crippen molar-refractivity contribution in [3.05, 3.63) is 58.6 Å². The zero-order valence-corrected chi connectivity index (χ0v) is 23.7. The van der Waals surface area contributed by atoms with Crippen LogP contribution in [0.2, 0.25) is 5.02 Å². The molecule has 3 rings (SSSR count). The second-order valence-corrected chi connectivity index (χ2v) is 11.2. The van der Waals surface area contributed by atoms with Crippen LogP contribution in [0.5, 0.6) is 11.5 Å².